The van der Waals surface area contributed by atoms with E-state index in [0.29, 0.717) is 27.3 Å². The lowest BCUT2D eigenvalue weighted by molar-refractivity contribution is -0.121. The van der Waals surface area contributed by atoms with Crippen molar-refractivity contribution in [1.29, 1.82) is 5.26 Å². The monoisotopic (exact) mass is 474 g/mol. The lowest BCUT2D eigenvalue weighted by Gasteiger charge is -2.19. The van der Waals surface area contributed by atoms with Crippen molar-refractivity contribution in [2.24, 2.45) is 0 Å². The maximum absolute atomic E-state index is 13.1. The summed E-state index contributed by atoms with van der Waals surface area (Å²) in [7, 11) is 1.41. The number of carboxylic acid groups (broad SMARTS) is 1. The van der Waals surface area contributed by atoms with Gasteiger partial charge in [-0.25, -0.2) is 4.79 Å². The minimum absolute atomic E-state index is 0.0327. The number of pyridine rings is 1. The highest BCUT2D eigenvalue weighted by Gasteiger charge is 2.23. The predicted octanol–water partition coefficient (Wildman–Crippen LogP) is 4.12. The van der Waals surface area contributed by atoms with E-state index in [1.54, 1.807) is 30.3 Å². The number of hydrogen-bond donors (Lipinski definition) is 1. The molecule has 3 aromatic rings. The van der Waals surface area contributed by atoms with E-state index in [1.165, 1.54) is 36.1 Å². The zero-order valence-corrected chi connectivity index (χ0v) is 18.9. The van der Waals surface area contributed by atoms with Gasteiger partial charge in [0.1, 0.15) is 11.8 Å². The van der Waals surface area contributed by atoms with E-state index in [2.05, 4.69) is 12.0 Å². The third-order valence-corrected chi connectivity index (χ3v) is 5.49. The molecule has 3 rings (SSSR count). The molecule has 0 bridgehead atoms. The molecular formula is C26H19ClN2O5. The van der Waals surface area contributed by atoms with Gasteiger partial charge in [0.05, 0.1) is 30.5 Å². The molecule has 2 aromatic carbocycles. The highest BCUT2D eigenvalue weighted by atomic mass is 35.5. The number of ether oxygens (including phenoxy) is 1. The fraction of sp³-hybridized carbons (Fsp3) is 0.154. The SMILES string of the molecule is C#CCC(C(=O)Cc1ccc(C(=O)O)cc1)n1cc(OC)c(-c2cc(Cl)ccc2C#N)cc1=O. The Bertz CT molecular complexity index is 1390. The number of methoxy groups -OCH3 is 1. The lowest BCUT2D eigenvalue weighted by atomic mass is 9.98. The number of carbonyl (C=O) groups excluding carboxylic acids is 1. The first-order valence-electron chi connectivity index (χ1n) is 10.1. The molecule has 0 spiro atoms. The summed E-state index contributed by atoms with van der Waals surface area (Å²) < 4.78 is 6.68. The molecule has 0 aliphatic heterocycles. The van der Waals surface area contributed by atoms with Gasteiger partial charge in [-0.05, 0) is 35.9 Å². The Morgan fingerprint density at radius 2 is 1.88 bits per heavy atom. The number of hydrogen-bond acceptors (Lipinski definition) is 5. The molecule has 34 heavy (non-hydrogen) atoms. The second-order valence-electron chi connectivity index (χ2n) is 7.37. The Morgan fingerprint density at radius 1 is 1.18 bits per heavy atom. The number of Topliss-reactive ketones (excluding diaryl/α,β-unsaturated/α-hetero) is 1. The van der Waals surface area contributed by atoms with Crippen molar-refractivity contribution in [3.63, 3.8) is 0 Å². The van der Waals surface area contributed by atoms with Crippen LogP contribution in [0.5, 0.6) is 5.75 Å². The Balaban J connectivity index is 2.02. The second-order valence-corrected chi connectivity index (χ2v) is 7.81. The van der Waals surface area contributed by atoms with Crippen LogP contribution in [0.15, 0.2) is 59.5 Å². The normalized spacial score (nSPS) is 11.2. The van der Waals surface area contributed by atoms with Crippen molar-refractivity contribution < 1.29 is 19.4 Å². The molecule has 0 saturated carbocycles. The molecule has 1 unspecified atom stereocenters. The average Bonchev–Trinajstić information content (AvgIpc) is 2.82. The summed E-state index contributed by atoms with van der Waals surface area (Å²) >= 11 is 6.09. The Morgan fingerprint density at radius 3 is 2.47 bits per heavy atom. The van der Waals surface area contributed by atoms with Gasteiger partial charge in [-0.2, -0.15) is 5.26 Å². The Hall–Kier alpha value is -4.33. The number of halogens is 1. The molecule has 1 aromatic heterocycles. The summed E-state index contributed by atoms with van der Waals surface area (Å²) in [5.41, 5.74) is 1.28. The van der Waals surface area contributed by atoms with Crippen molar-refractivity contribution >= 4 is 23.4 Å². The molecule has 0 aliphatic rings. The summed E-state index contributed by atoms with van der Waals surface area (Å²) in [6, 6.07) is 13.0. The molecule has 0 saturated heterocycles. The molecule has 1 atom stereocenters. The zero-order valence-electron chi connectivity index (χ0n) is 18.1. The Labute approximate surface area is 200 Å². The topological polar surface area (TPSA) is 109 Å². The molecule has 0 amide bonds. The molecule has 1 heterocycles. The number of aromatic nitrogens is 1. The van der Waals surface area contributed by atoms with Crippen molar-refractivity contribution in [2.45, 2.75) is 18.9 Å². The van der Waals surface area contributed by atoms with Gasteiger partial charge in [-0.15, -0.1) is 12.3 Å². The van der Waals surface area contributed by atoms with Gasteiger partial charge in [0.15, 0.2) is 5.78 Å². The third kappa shape index (κ3) is 5.17. The Kier molecular flexibility index (Phi) is 7.53. The summed E-state index contributed by atoms with van der Waals surface area (Å²) in [6.07, 6.45) is 6.80. The maximum Gasteiger partial charge on any atom is 0.335 e. The molecule has 1 N–H and O–H groups in total. The molecule has 0 radical (unpaired) electrons. The van der Waals surface area contributed by atoms with Crippen LogP contribution in [0.1, 0.15) is 33.9 Å². The van der Waals surface area contributed by atoms with E-state index < -0.39 is 17.6 Å². The minimum Gasteiger partial charge on any atom is -0.495 e. The van der Waals surface area contributed by atoms with Crippen LogP contribution >= 0.6 is 11.6 Å². The first-order valence-corrected chi connectivity index (χ1v) is 10.5. The van der Waals surface area contributed by atoms with Crippen LogP contribution in [-0.4, -0.2) is 28.5 Å². The number of carboxylic acids is 1. The fourth-order valence-electron chi connectivity index (χ4n) is 3.55. The van der Waals surface area contributed by atoms with Crippen molar-refractivity contribution in [3.8, 4) is 35.3 Å². The van der Waals surface area contributed by atoms with Crippen LogP contribution < -0.4 is 10.3 Å². The van der Waals surface area contributed by atoms with E-state index in [-0.39, 0.29) is 29.9 Å². The smallest absolute Gasteiger partial charge is 0.335 e. The number of nitrogens with zero attached hydrogens (tertiary/aromatic N) is 2. The van der Waals surface area contributed by atoms with Gasteiger partial charge >= 0.3 is 5.97 Å². The van der Waals surface area contributed by atoms with E-state index in [0.717, 1.165) is 0 Å². The molecule has 0 aliphatic carbocycles. The van der Waals surface area contributed by atoms with Gasteiger partial charge in [-0.1, -0.05) is 23.7 Å². The highest BCUT2D eigenvalue weighted by molar-refractivity contribution is 6.31. The summed E-state index contributed by atoms with van der Waals surface area (Å²) in [4.78, 5) is 37.2. The number of terminal acetylenes is 1. The molecule has 7 nitrogen and oxygen atoms in total. The number of ketones is 1. The first kappa shape index (κ1) is 24.3. The lowest BCUT2D eigenvalue weighted by Crippen LogP contribution is -2.30. The van der Waals surface area contributed by atoms with Crippen LogP contribution in [0.2, 0.25) is 5.02 Å². The largest absolute Gasteiger partial charge is 0.495 e. The van der Waals surface area contributed by atoms with Crippen LogP contribution in [0.4, 0.5) is 0 Å². The van der Waals surface area contributed by atoms with E-state index in [4.69, 9.17) is 27.9 Å². The maximum atomic E-state index is 13.1. The van der Waals surface area contributed by atoms with Gasteiger partial charge in [-0.3, -0.25) is 9.59 Å². The van der Waals surface area contributed by atoms with Crippen molar-refractivity contribution in [1.82, 2.24) is 4.57 Å². The van der Waals surface area contributed by atoms with Gasteiger partial charge < -0.3 is 14.4 Å². The third-order valence-electron chi connectivity index (χ3n) is 5.25. The zero-order chi connectivity index (χ0) is 24.8. The fourth-order valence-corrected chi connectivity index (χ4v) is 3.72. The summed E-state index contributed by atoms with van der Waals surface area (Å²) in [5, 5.41) is 18.9. The molecule has 8 heteroatoms. The van der Waals surface area contributed by atoms with Gasteiger partial charge in [0.25, 0.3) is 5.56 Å². The van der Waals surface area contributed by atoms with Crippen LogP contribution in [0.25, 0.3) is 11.1 Å². The van der Waals surface area contributed by atoms with E-state index in [9.17, 15) is 19.6 Å². The number of aromatic carboxylic acids is 1. The van der Waals surface area contributed by atoms with Crippen LogP contribution in [-0.2, 0) is 11.2 Å². The van der Waals surface area contributed by atoms with E-state index >= 15 is 0 Å². The first-order chi connectivity index (χ1) is 16.3. The van der Waals surface area contributed by atoms with Crippen LogP contribution in [0.3, 0.4) is 0 Å². The quantitative estimate of drug-likeness (QED) is 0.492. The van der Waals surface area contributed by atoms with Gasteiger partial charge in [0.2, 0.25) is 0 Å². The minimum atomic E-state index is -1.07. The molecule has 0 fully saturated rings. The molecular weight excluding hydrogens is 456 g/mol. The predicted molar refractivity (Wildman–Crippen MR) is 127 cm³/mol. The molecule has 170 valence electrons. The van der Waals surface area contributed by atoms with Gasteiger partial charge in [0, 0.05) is 35.1 Å². The van der Waals surface area contributed by atoms with E-state index in [1.807, 2.05) is 0 Å². The van der Waals surface area contributed by atoms with Crippen LogP contribution in [0, 0.1) is 23.7 Å². The standard InChI is InChI=1S/C26H19ClN2O5/c1-3-4-22(23(30)11-16-5-7-17(8-6-16)26(32)33)29-15-24(34-2)21(13-25(29)31)20-12-19(27)10-9-18(20)14-28/h1,5-10,12-13,15,22H,4,11H2,2H3,(H,32,33). The summed E-state index contributed by atoms with van der Waals surface area (Å²) in [6.45, 7) is 0. The average molecular weight is 475 g/mol. The number of benzene rings is 2. The van der Waals surface area contributed by atoms with Crippen molar-refractivity contribution in [3.05, 3.63) is 86.8 Å². The van der Waals surface area contributed by atoms with Crippen molar-refractivity contribution in [2.75, 3.05) is 7.11 Å². The highest BCUT2D eigenvalue weighted by Crippen LogP contribution is 2.33. The number of nitriles is 1. The number of rotatable bonds is 8. The summed E-state index contributed by atoms with van der Waals surface area (Å²) in [5.74, 6) is 1.31. The number of carbonyl (C=O) groups is 2. The second kappa shape index (κ2) is 10.5.